The maximum Gasteiger partial charge on any atom is 0.339 e. The van der Waals surface area contributed by atoms with E-state index in [1.807, 2.05) is 36.4 Å². The van der Waals surface area contributed by atoms with Crippen LogP contribution < -0.4 is 0 Å². The molecule has 0 aliphatic carbocycles. The minimum atomic E-state index is -3.88. The summed E-state index contributed by atoms with van der Waals surface area (Å²) in [4.78, 5) is 24.2. The first-order valence-corrected chi connectivity index (χ1v) is 11.4. The van der Waals surface area contributed by atoms with Crippen molar-refractivity contribution in [2.45, 2.75) is 17.7 Å². The third-order valence-electron chi connectivity index (χ3n) is 5.13. The van der Waals surface area contributed by atoms with E-state index in [1.54, 1.807) is 18.2 Å². The Morgan fingerprint density at radius 1 is 1.03 bits per heavy atom. The molecule has 7 nitrogen and oxygen atoms in total. The molecule has 1 heterocycles. The Labute approximate surface area is 182 Å². The molecule has 0 N–H and O–H groups in total. The minimum absolute atomic E-state index is 0.00302. The van der Waals surface area contributed by atoms with Crippen LogP contribution in [0.2, 0.25) is 0 Å². The van der Waals surface area contributed by atoms with Crippen molar-refractivity contribution in [1.29, 1.82) is 0 Å². The monoisotopic (exact) mass is 443 g/mol. The summed E-state index contributed by atoms with van der Waals surface area (Å²) in [7, 11) is -2.67. The minimum Gasteiger partial charge on any atom is -0.465 e. The second kappa shape index (κ2) is 10.4. The van der Waals surface area contributed by atoms with Crippen molar-refractivity contribution in [3.05, 3.63) is 71.8 Å². The van der Waals surface area contributed by atoms with E-state index in [9.17, 15) is 18.0 Å². The molecule has 3 rings (SSSR count). The van der Waals surface area contributed by atoms with E-state index in [4.69, 9.17) is 9.47 Å². The number of rotatable bonds is 7. The Kier molecular flexibility index (Phi) is 7.59. The van der Waals surface area contributed by atoms with Gasteiger partial charge in [-0.2, -0.15) is 4.31 Å². The number of carbonyl (C=O) groups is 2. The van der Waals surface area contributed by atoms with Gasteiger partial charge >= 0.3 is 11.9 Å². The van der Waals surface area contributed by atoms with E-state index >= 15 is 0 Å². The number of esters is 2. The number of carbonyl (C=O) groups excluding carboxylic acids is 2. The zero-order chi connectivity index (χ0) is 22.3. The molecule has 1 aliphatic rings. The van der Waals surface area contributed by atoms with Gasteiger partial charge in [0.2, 0.25) is 10.0 Å². The van der Waals surface area contributed by atoms with E-state index in [0.29, 0.717) is 12.8 Å². The van der Waals surface area contributed by atoms with E-state index in [2.05, 4.69) is 0 Å². The molecule has 0 unspecified atom stereocenters. The summed E-state index contributed by atoms with van der Waals surface area (Å²) in [6, 6.07) is 15.6. The lowest BCUT2D eigenvalue weighted by molar-refractivity contribution is -0.148. The smallest absolute Gasteiger partial charge is 0.339 e. The predicted octanol–water partition coefficient (Wildman–Crippen LogP) is 3.13. The quantitative estimate of drug-likeness (QED) is 0.611. The van der Waals surface area contributed by atoms with Crippen molar-refractivity contribution in [2.75, 3.05) is 26.8 Å². The summed E-state index contributed by atoms with van der Waals surface area (Å²) in [5.74, 6) is -1.39. The molecule has 0 atom stereocenters. The van der Waals surface area contributed by atoms with E-state index in [-0.39, 0.29) is 42.0 Å². The van der Waals surface area contributed by atoms with Gasteiger partial charge in [0, 0.05) is 13.1 Å². The second-order valence-corrected chi connectivity index (χ2v) is 9.02. The molecule has 2 aromatic carbocycles. The zero-order valence-electron chi connectivity index (χ0n) is 17.3. The molecule has 1 fully saturated rings. The number of benzene rings is 2. The highest BCUT2D eigenvalue weighted by Crippen LogP contribution is 2.26. The number of methoxy groups -OCH3 is 1. The van der Waals surface area contributed by atoms with Gasteiger partial charge in [-0.3, -0.25) is 4.79 Å². The van der Waals surface area contributed by atoms with Crippen LogP contribution in [0.3, 0.4) is 0 Å². The number of nitrogens with zero attached hydrogens (tertiary/aromatic N) is 1. The van der Waals surface area contributed by atoms with E-state index in [1.165, 1.54) is 23.5 Å². The van der Waals surface area contributed by atoms with Crippen molar-refractivity contribution in [2.24, 2.45) is 5.92 Å². The van der Waals surface area contributed by atoms with E-state index in [0.717, 1.165) is 5.56 Å². The van der Waals surface area contributed by atoms with Gasteiger partial charge in [0.15, 0.2) is 0 Å². The van der Waals surface area contributed by atoms with E-state index < -0.39 is 16.0 Å². The Morgan fingerprint density at radius 2 is 1.68 bits per heavy atom. The van der Waals surface area contributed by atoms with Crippen molar-refractivity contribution in [3.63, 3.8) is 0 Å². The fourth-order valence-electron chi connectivity index (χ4n) is 3.44. The molecule has 0 aromatic heterocycles. The highest BCUT2D eigenvalue weighted by molar-refractivity contribution is 7.89. The van der Waals surface area contributed by atoms with Crippen LogP contribution in [0.1, 0.15) is 28.8 Å². The lowest BCUT2D eigenvalue weighted by Crippen LogP contribution is -2.41. The largest absolute Gasteiger partial charge is 0.465 e. The highest BCUT2D eigenvalue weighted by Gasteiger charge is 2.34. The third-order valence-corrected chi connectivity index (χ3v) is 7.09. The average Bonchev–Trinajstić information content (AvgIpc) is 2.82. The summed E-state index contributed by atoms with van der Waals surface area (Å²) >= 11 is 0. The van der Waals surface area contributed by atoms with Crippen LogP contribution >= 0.6 is 0 Å². The first-order valence-electron chi connectivity index (χ1n) is 9.99. The number of hydrogen-bond donors (Lipinski definition) is 0. The predicted molar refractivity (Wildman–Crippen MR) is 116 cm³/mol. The van der Waals surface area contributed by atoms with Gasteiger partial charge in [-0.15, -0.1) is 0 Å². The highest BCUT2D eigenvalue weighted by atomic mass is 32.2. The van der Waals surface area contributed by atoms with Crippen LogP contribution in [0.25, 0.3) is 6.08 Å². The van der Waals surface area contributed by atoms with Gasteiger partial charge in [-0.25, -0.2) is 13.2 Å². The number of piperidine rings is 1. The molecule has 8 heteroatoms. The molecular formula is C23H25NO6S. The van der Waals surface area contributed by atoms with Gasteiger partial charge < -0.3 is 9.47 Å². The van der Waals surface area contributed by atoms with Crippen LogP contribution in [0.5, 0.6) is 0 Å². The standard InChI is InChI=1S/C23H25NO6S/c1-29-23(26)20-11-5-6-12-21(20)31(27,28)24-15-13-19(14-16-24)22(25)30-17-7-10-18-8-3-2-4-9-18/h2-12,19H,13-17H2,1H3/b10-7+. The normalized spacial score (nSPS) is 15.6. The fraction of sp³-hybridized carbons (Fsp3) is 0.304. The summed E-state index contributed by atoms with van der Waals surface area (Å²) in [5, 5.41) is 0. The lowest BCUT2D eigenvalue weighted by Gasteiger charge is -2.30. The van der Waals surface area contributed by atoms with Crippen LogP contribution in [0.15, 0.2) is 65.6 Å². The van der Waals surface area contributed by atoms with Crippen LogP contribution in [-0.4, -0.2) is 51.5 Å². The Balaban J connectivity index is 1.56. The molecule has 0 radical (unpaired) electrons. The maximum atomic E-state index is 13.0. The Hall–Kier alpha value is -2.97. The van der Waals surface area contributed by atoms with Crippen molar-refractivity contribution in [1.82, 2.24) is 4.31 Å². The lowest BCUT2D eigenvalue weighted by atomic mass is 9.98. The molecule has 164 valence electrons. The molecular weight excluding hydrogens is 418 g/mol. The molecule has 0 bridgehead atoms. The average molecular weight is 444 g/mol. The van der Waals surface area contributed by atoms with Crippen molar-refractivity contribution < 1.29 is 27.5 Å². The molecule has 31 heavy (non-hydrogen) atoms. The first-order chi connectivity index (χ1) is 14.9. The number of hydrogen-bond acceptors (Lipinski definition) is 6. The van der Waals surface area contributed by atoms with Gasteiger partial charge in [0.05, 0.1) is 23.5 Å². The summed E-state index contributed by atoms with van der Waals surface area (Å²) in [5.41, 5.74) is 1.01. The number of sulfonamides is 1. The summed E-state index contributed by atoms with van der Waals surface area (Å²) < 4.78 is 37.4. The topological polar surface area (TPSA) is 90.0 Å². The number of ether oxygens (including phenoxy) is 2. The molecule has 0 spiro atoms. The maximum absolute atomic E-state index is 13.0. The van der Waals surface area contributed by atoms with Gasteiger partial charge in [0.1, 0.15) is 6.61 Å². The molecule has 1 saturated heterocycles. The van der Waals surface area contributed by atoms with Crippen LogP contribution in [0, 0.1) is 5.92 Å². The molecule has 0 saturated carbocycles. The van der Waals surface area contributed by atoms with Crippen LogP contribution in [-0.2, 0) is 24.3 Å². The first kappa shape index (κ1) is 22.7. The van der Waals surface area contributed by atoms with Gasteiger partial charge in [-0.1, -0.05) is 48.5 Å². The van der Waals surface area contributed by atoms with Crippen molar-refractivity contribution >= 4 is 28.0 Å². The Morgan fingerprint density at radius 3 is 2.35 bits per heavy atom. The van der Waals surface area contributed by atoms with Gasteiger partial charge in [0.25, 0.3) is 0 Å². The summed E-state index contributed by atoms with van der Waals surface area (Å²) in [6.45, 7) is 0.521. The molecule has 1 aliphatic heterocycles. The Bertz CT molecular complexity index is 1040. The third kappa shape index (κ3) is 5.59. The van der Waals surface area contributed by atoms with Gasteiger partial charge in [-0.05, 0) is 36.6 Å². The van der Waals surface area contributed by atoms with Crippen molar-refractivity contribution in [3.8, 4) is 0 Å². The molecule has 0 amide bonds. The van der Waals surface area contributed by atoms with Crippen LogP contribution in [0.4, 0.5) is 0 Å². The fourth-order valence-corrected chi connectivity index (χ4v) is 5.09. The molecule has 2 aromatic rings. The SMILES string of the molecule is COC(=O)c1ccccc1S(=O)(=O)N1CCC(C(=O)OC/C=C/c2ccccc2)CC1. The summed E-state index contributed by atoms with van der Waals surface area (Å²) in [6.07, 6.45) is 4.37. The zero-order valence-corrected chi connectivity index (χ0v) is 18.1. The second-order valence-electron chi connectivity index (χ2n) is 7.11.